The number of H-pyrrole nitrogens is 1. The normalized spacial score (nSPS) is 16.0. The highest BCUT2D eigenvalue weighted by atomic mass is 32.2. The first-order valence-corrected chi connectivity index (χ1v) is 11.9. The second-order valence-corrected chi connectivity index (χ2v) is 9.76. The summed E-state index contributed by atoms with van der Waals surface area (Å²) in [7, 11) is 0. The van der Waals surface area contributed by atoms with Gasteiger partial charge in [-0.05, 0) is 31.2 Å². The van der Waals surface area contributed by atoms with Crippen LogP contribution in [0, 0.1) is 5.92 Å². The second kappa shape index (κ2) is 9.13. The first-order valence-electron chi connectivity index (χ1n) is 10.1. The summed E-state index contributed by atoms with van der Waals surface area (Å²) in [5, 5.41) is 5.83. The van der Waals surface area contributed by atoms with Crippen LogP contribution in [0.5, 0.6) is 0 Å². The number of nitrogens with one attached hydrogen (secondary N) is 2. The summed E-state index contributed by atoms with van der Waals surface area (Å²) in [6.07, 6.45) is 6.25. The fourth-order valence-corrected chi connectivity index (χ4v) is 5.64. The van der Waals surface area contributed by atoms with E-state index < -0.39 is 0 Å². The number of thiophene rings is 1. The number of thioether (sulfide) groups is 1. The van der Waals surface area contributed by atoms with Crippen molar-refractivity contribution in [3.63, 3.8) is 0 Å². The van der Waals surface area contributed by atoms with E-state index in [0.29, 0.717) is 21.3 Å². The first kappa shape index (κ1) is 20.2. The van der Waals surface area contributed by atoms with Gasteiger partial charge in [0.1, 0.15) is 4.83 Å². The van der Waals surface area contributed by atoms with Crippen molar-refractivity contribution in [1.82, 2.24) is 15.3 Å². The van der Waals surface area contributed by atoms with Crippen LogP contribution in [-0.4, -0.2) is 27.7 Å². The van der Waals surface area contributed by atoms with Crippen LogP contribution in [0.15, 0.2) is 45.7 Å². The molecule has 0 spiro atoms. The van der Waals surface area contributed by atoms with Gasteiger partial charge in [-0.15, -0.1) is 11.3 Å². The lowest BCUT2D eigenvalue weighted by molar-refractivity contribution is -0.120. The third-order valence-corrected chi connectivity index (χ3v) is 7.31. The number of hydrogen-bond donors (Lipinski definition) is 2. The lowest BCUT2D eigenvalue weighted by Crippen LogP contribution is -2.35. The smallest absolute Gasteiger partial charge is 0.260 e. The van der Waals surface area contributed by atoms with Gasteiger partial charge in [-0.25, -0.2) is 4.98 Å². The van der Waals surface area contributed by atoms with Crippen molar-refractivity contribution in [3.05, 3.63) is 46.1 Å². The van der Waals surface area contributed by atoms with Crippen molar-refractivity contribution in [2.45, 2.75) is 49.4 Å². The lowest BCUT2D eigenvalue weighted by atomic mass is 9.89. The molecule has 0 aliphatic heterocycles. The molecule has 1 aromatic carbocycles. The van der Waals surface area contributed by atoms with Crippen molar-refractivity contribution in [2.24, 2.45) is 5.92 Å². The van der Waals surface area contributed by atoms with Gasteiger partial charge in [0.2, 0.25) is 5.91 Å². The number of nitrogens with zero attached hydrogens (tertiary/aromatic N) is 1. The molecule has 3 aromatic rings. The maximum absolute atomic E-state index is 12.7. The summed E-state index contributed by atoms with van der Waals surface area (Å²) in [4.78, 5) is 33.4. The van der Waals surface area contributed by atoms with Gasteiger partial charge in [-0.3, -0.25) is 9.59 Å². The standard InChI is InChI=1S/C22H25N3O2S2/c1-14(19(26)23-12-15-8-4-2-5-9-15)29-22-24-20(27)18-17(13-28-21(18)25-22)16-10-6-3-7-11-16/h3,6-7,10-11,13-15H,2,4-5,8-9,12H2,1H3,(H,23,26)(H,24,25,27)/t14-/m1/s1. The number of aromatic amines is 1. The Morgan fingerprint density at radius 2 is 2.03 bits per heavy atom. The molecule has 152 valence electrons. The molecule has 2 heterocycles. The molecule has 1 atom stereocenters. The molecule has 7 heteroatoms. The van der Waals surface area contributed by atoms with E-state index in [1.807, 2.05) is 42.6 Å². The summed E-state index contributed by atoms with van der Waals surface area (Å²) in [6, 6.07) is 9.84. The van der Waals surface area contributed by atoms with Gasteiger partial charge in [-0.1, -0.05) is 61.4 Å². The molecule has 0 unspecified atom stereocenters. The van der Waals surface area contributed by atoms with Crippen LogP contribution in [0.1, 0.15) is 39.0 Å². The molecule has 2 N–H and O–H groups in total. The van der Waals surface area contributed by atoms with Gasteiger partial charge >= 0.3 is 0 Å². The topological polar surface area (TPSA) is 74.8 Å². The average molecular weight is 428 g/mol. The number of benzene rings is 1. The molecule has 1 amide bonds. The van der Waals surface area contributed by atoms with Gasteiger partial charge < -0.3 is 10.3 Å². The Kier molecular flexibility index (Phi) is 6.35. The predicted molar refractivity (Wildman–Crippen MR) is 121 cm³/mol. The molecule has 1 fully saturated rings. The monoisotopic (exact) mass is 427 g/mol. The van der Waals surface area contributed by atoms with Crippen molar-refractivity contribution in [1.29, 1.82) is 0 Å². The number of rotatable bonds is 6. The fraction of sp³-hybridized carbons (Fsp3) is 0.409. The van der Waals surface area contributed by atoms with Crippen molar-refractivity contribution in [2.75, 3.05) is 6.54 Å². The summed E-state index contributed by atoms with van der Waals surface area (Å²) in [5.41, 5.74) is 1.74. The zero-order chi connectivity index (χ0) is 20.2. The summed E-state index contributed by atoms with van der Waals surface area (Å²) in [5.74, 6) is 0.598. The van der Waals surface area contributed by atoms with E-state index in [4.69, 9.17) is 0 Å². The number of aromatic nitrogens is 2. The Hall–Kier alpha value is -2.12. The van der Waals surface area contributed by atoms with E-state index in [9.17, 15) is 9.59 Å². The molecule has 0 bridgehead atoms. The Balaban J connectivity index is 1.45. The Labute approximate surface area is 178 Å². The first-order chi connectivity index (χ1) is 14.1. The van der Waals surface area contributed by atoms with Crippen LogP contribution in [0.25, 0.3) is 21.3 Å². The molecule has 1 saturated carbocycles. The molecule has 2 aromatic heterocycles. The summed E-state index contributed by atoms with van der Waals surface area (Å²) in [6.45, 7) is 2.60. The third kappa shape index (κ3) is 4.73. The highest BCUT2D eigenvalue weighted by Gasteiger charge is 2.20. The van der Waals surface area contributed by atoms with Crippen LogP contribution >= 0.6 is 23.1 Å². The van der Waals surface area contributed by atoms with Gasteiger partial charge in [-0.2, -0.15) is 0 Å². The number of fused-ring (bicyclic) bond motifs is 1. The quantitative estimate of drug-likeness (QED) is 0.436. The van der Waals surface area contributed by atoms with E-state index in [1.54, 1.807) is 0 Å². The summed E-state index contributed by atoms with van der Waals surface area (Å²) < 4.78 is 0. The molecule has 1 aliphatic carbocycles. The molecule has 29 heavy (non-hydrogen) atoms. The zero-order valence-corrected chi connectivity index (χ0v) is 18.1. The van der Waals surface area contributed by atoms with Crippen LogP contribution in [-0.2, 0) is 4.79 Å². The highest BCUT2D eigenvalue weighted by Crippen LogP contribution is 2.32. The maximum Gasteiger partial charge on any atom is 0.260 e. The lowest BCUT2D eigenvalue weighted by Gasteiger charge is -2.22. The predicted octanol–water partition coefficient (Wildman–Crippen LogP) is 4.83. The van der Waals surface area contributed by atoms with E-state index in [1.165, 1.54) is 55.2 Å². The minimum atomic E-state index is -0.312. The van der Waals surface area contributed by atoms with Crippen LogP contribution in [0.3, 0.4) is 0 Å². The molecular weight excluding hydrogens is 402 g/mol. The third-order valence-electron chi connectivity index (χ3n) is 5.45. The minimum Gasteiger partial charge on any atom is -0.355 e. The number of carbonyl (C=O) groups is 1. The van der Waals surface area contributed by atoms with Crippen LogP contribution < -0.4 is 10.9 Å². The minimum absolute atomic E-state index is 0.000487. The van der Waals surface area contributed by atoms with Crippen molar-refractivity contribution in [3.8, 4) is 11.1 Å². The van der Waals surface area contributed by atoms with Gasteiger partial charge in [0.25, 0.3) is 5.56 Å². The van der Waals surface area contributed by atoms with E-state index >= 15 is 0 Å². The van der Waals surface area contributed by atoms with Crippen LogP contribution in [0.2, 0.25) is 0 Å². The zero-order valence-electron chi connectivity index (χ0n) is 16.4. The molecule has 5 nitrogen and oxygen atoms in total. The highest BCUT2D eigenvalue weighted by molar-refractivity contribution is 8.00. The second-order valence-electron chi connectivity index (χ2n) is 7.58. The molecular formula is C22H25N3O2S2. The number of carbonyl (C=O) groups excluding carboxylic acids is 1. The molecule has 1 aliphatic rings. The molecule has 0 saturated heterocycles. The van der Waals surface area contributed by atoms with Gasteiger partial charge in [0.15, 0.2) is 5.16 Å². The van der Waals surface area contributed by atoms with Crippen molar-refractivity contribution < 1.29 is 4.79 Å². The number of amides is 1. The molecule has 4 rings (SSSR count). The number of hydrogen-bond acceptors (Lipinski definition) is 5. The maximum atomic E-state index is 12.7. The van der Waals surface area contributed by atoms with Crippen molar-refractivity contribution >= 4 is 39.2 Å². The fourth-order valence-electron chi connectivity index (χ4n) is 3.82. The van der Waals surface area contributed by atoms with Gasteiger partial charge in [0, 0.05) is 17.5 Å². The van der Waals surface area contributed by atoms with E-state index in [-0.39, 0.29) is 16.7 Å². The Morgan fingerprint density at radius 3 is 2.79 bits per heavy atom. The van der Waals surface area contributed by atoms with Crippen LogP contribution in [0.4, 0.5) is 0 Å². The Bertz CT molecular complexity index is 1040. The van der Waals surface area contributed by atoms with Gasteiger partial charge in [0.05, 0.1) is 10.6 Å². The van der Waals surface area contributed by atoms with E-state index in [0.717, 1.165) is 17.7 Å². The van der Waals surface area contributed by atoms with E-state index in [2.05, 4.69) is 15.3 Å². The Morgan fingerprint density at radius 1 is 1.28 bits per heavy atom. The molecule has 0 radical (unpaired) electrons. The largest absolute Gasteiger partial charge is 0.355 e. The average Bonchev–Trinajstić information content (AvgIpc) is 3.18. The summed E-state index contributed by atoms with van der Waals surface area (Å²) >= 11 is 2.76. The SMILES string of the molecule is C[C@@H](Sc1nc2scc(-c3ccccc3)c2c(=O)[nH]1)C(=O)NCC1CCCCC1.